The van der Waals surface area contributed by atoms with Crippen molar-refractivity contribution in [3.63, 3.8) is 0 Å². The number of aromatic hydroxyl groups is 1. The zero-order chi connectivity index (χ0) is 20.5. The van der Waals surface area contributed by atoms with Gasteiger partial charge in [-0.3, -0.25) is 4.79 Å². The molecule has 0 radical (unpaired) electrons. The van der Waals surface area contributed by atoms with Gasteiger partial charge in [0.05, 0.1) is 11.3 Å². The molecule has 4 nitrogen and oxygen atoms in total. The van der Waals surface area contributed by atoms with Gasteiger partial charge >= 0.3 is 6.18 Å². The van der Waals surface area contributed by atoms with E-state index in [4.69, 9.17) is 0 Å². The van der Waals surface area contributed by atoms with Gasteiger partial charge in [0.2, 0.25) is 5.91 Å². The Hall–Kier alpha value is -2.35. The van der Waals surface area contributed by atoms with Gasteiger partial charge in [0.15, 0.2) is 0 Å². The molecule has 3 rings (SSSR count). The van der Waals surface area contributed by atoms with Gasteiger partial charge < -0.3 is 14.7 Å². The van der Waals surface area contributed by atoms with Crippen LogP contribution in [0.25, 0.3) is 11.1 Å². The Morgan fingerprint density at radius 3 is 2.50 bits per heavy atom. The lowest BCUT2D eigenvalue weighted by atomic mass is 10.00. The average Bonchev–Trinajstić information content (AvgIpc) is 2.64. The molecule has 1 aliphatic rings. The first-order valence-electron chi connectivity index (χ1n) is 9.02. The Labute approximate surface area is 165 Å². The molecule has 0 fully saturated rings. The van der Waals surface area contributed by atoms with Gasteiger partial charge in [-0.15, -0.1) is 0 Å². The molecule has 2 aromatic rings. The number of anilines is 1. The Morgan fingerprint density at radius 1 is 1.14 bits per heavy atom. The van der Waals surface area contributed by atoms with Crippen LogP contribution in [0.5, 0.6) is 5.75 Å². The molecule has 0 bridgehead atoms. The van der Waals surface area contributed by atoms with E-state index in [1.54, 1.807) is 10.4 Å². The number of hydrogen-bond donors (Lipinski definition) is 2. The first kappa shape index (κ1) is 20.4. The van der Waals surface area contributed by atoms with E-state index in [9.17, 15) is 23.1 Å². The molecule has 2 N–H and O–H groups in total. The third-order valence-corrected chi connectivity index (χ3v) is 5.78. The summed E-state index contributed by atoms with van der Waals surface area (Å²) in [5, 5.41) is 12.7. The lowest BCUT2D eigenvalue weighted by molar-refractivity contribution is -0.137. The van der Waals surface area contributed by atoms with Gasteiger partial charge in [-0.1, -0.05) is 13.8 Å². The number of halogens is 3. The number of carbonyl (C=O) groups is 1. The molecule has 0 unspecified atom stereocenters. The normalized spacial score (nSPS) is 13.3. The molecule has 150 valence electrons. The summed E-state index contributed by atoms with van der Waals surface area (Å²) >= 11 is 1.23. The van der Waals surface area contributed by atoms with E-state index in [1.807, 2.05) is 13.8 Å². The van der Waals surface area contributed by atoms with E-state index in [-0.39, 0.29) is 24.2 Å². The van der Waals surface area contributed by atoms with Crippen LogP contribution in [0.3, 0.4) is 0 Å². The van der Waals surface area contributed by atoms with Crippen LogP contribution in [0.4, 0.5) is 18.9 Å². The van der Waals surface area contributed by atoms with Crippen LogP contribution in [0.2, 0.25) is 0 Å². The fraction of sp³-hybridized carbons (Fsp3) is 0.350. The van der Waals surface area contributed by atoms with Gasteiger partial charge in [-0.2, -0.15) is 13.2 Å². The smallest absolute Gasteiger partial charge is 0.416 e. The molecule has 8 heteroatoms. The first-order valence-corrected chi connectivity index (χ1v) is 9.79. The SMILES string of the molecule is CCC(CC)NC(=O)CN1Sc2cc(O)ccc2-c2cc(C(F)(F)F)ccc21. The molecule has 1 amide bonds. The zero-order valence-electron chi connectivity index (χ0n) is 15.5. The van der Waals surface area contributed by atoms with Crippen molar-refractivity contribution in [3.8, 4) is 16.9 Å². The molecular weight excluding hydrogens is 389 g/mol. The van der Waals surface area contributed by atoms with Crippen molar-refractivity contribution in [1.29, 1.82) is 0 Å². The van der Waals surface area contributed by atoms with Crippen LogP contribution in [-0.2, 0) is 11.0 Å². The van der Waals surface area contributed by atoms with Crippen molar-refractivity contribution < 1.29 is 23.1 Å². The van der Waals surface area contributed by atoms with Gasteiger partial charge in [-0.05, 0) is 66.8 Å². The van der Waals surface area contributed by atoms with Crippen molar-refractivity contribution >= 4 is 23.5 Å². The maximum Gasteiger partial charge on any atom is 0.416 e. The second-order valence-corrected chi connectivity index (χ2v) is 7.68. The number of phenols is 1. The lowest BCUT2D eigenvalue weighted by Crippen LogP contribution is -2.40. The monoisotopic (exact) mass is 410 g/mol. The van der Waals surface area contributed by atoms with Gasteiger partial charge in [0.1, 0.15) is 12.3 Å². The van der Waals surface area contributed by atoms with Crippen LogP contribution in [-0.4, -0.2) is 23.6 Å². The van der Waals surface area contributed by atoms with Gasteiger partial charge in [0, 0.05) is 16.5 Å². The van der Waals surface area contributed by atoms with E-state index >= 15 is 0 Å². The van der Waals surface area contributed by atoms with Crippen LogP contribution in [0.15, 0.2) is 41.3 Å². The van der Waals surface area contributed by atoms with Crippen molar-refractivity contribution in [2.24, 2.45) is 0 Å². The number of amides is 1. The summed E-state index contributed by atoms with van der Waals surface area (Å²) in [6.45, 7) is 3.96. The largest absolute Gasteiger partial charge is 0.508 e. The fourth-order valence-corrected chi connectivity index (χ4v) is 4.26. The number of rotatable bonds is 5. The van der Waals surface area contributed by atoms with Crippen LogP contribution >= 0.6 is 11.9 Å². The molecule has 0 aliphatic carbocycles. The molecule has 1 heterocycles. The predicted octanol–water partition coefficient (Wildman–Crippen LogP) is 5.21. The summed E-state index contributed by atoms with van der Waals surface area (Å²) < 4.78 is 41.3. The Kier molecular flexibility index (Phi) is 5.79. The van der Waals surface area contributed by atoms with E-state index in [1.165, 1.54) is 30.1 Å². The summed E-state index contributed by atoms with van der Waals surface area (Å²) in [5.74, 6) is -0.182. The third kappa shape index (κ3) is 4.22. The van der Waals surface area contributed by atoms with Crippen molar-refractivity contribution in [2.45, 2.75) is 43.8 Å². The van der Waals surface area contributed by atoms with Crippen molar-refractivity contribution in [3.05, 3.63) is 42.0 Å². The highest BCUT2D eigenvalue weighted by atomic mass is 32.2. The van der Waals surface area contributed by atoms with Gasteiger partial charge in [0.25, 0.3) is 0 Å². The molecule has 2 aromatic carbocycles. The molecule has 0 atom stereocenters. The number of nitrogens with zero attached hydrogens (tertiary/aromatic N) is 1. The summed E-state index contributed by atoms with van der Waals surface area (Å²) in [7, 11) is 0. The molecular formula is C20H21F3N2O2S. The van der Waals surface area contributed by atoms with E-state index in [2.05, 4.69) is 5.32 Å². The lowest BCUT2D eigenvalue weighted by Gasteiger charge is -2.32. The molecule has 0 aromatic heterocycles. The highest BCUT2D eigenvalue weighted by Crippen LogP contribution is 2.48. The number of carbonyl (C=O) groups excluding carboxylic acids is 1. The second-order valence-electron chi connectivity index (χ2n) is 6.62. The Morgan fingerprint density at radius 2 is 1.86 bits per heavy atom. The number of phenolic OH excluding ortho intramolecular Hbond substituents is 1. The third-order valence-electron chi connectivity index (χ3n) is 4.69. The maximum atomic E-state index is 13.2. The van der Waals surface area contributed by atoms with Gasteiger partial charge in [-0.25, -0.2) is 0 Å². The Balaban J connectivity index is 1.98. The standard InChI is InChI=1S/C20H21F3N2O2S/c1-3-13(4-2)24-19(27)11-25-17-8-5-12(20(21,22)23)9-16(17)15-7-6-14(26)10-18(15)28-25/h5-10,13,26H,3-4,11H2,1-2H3,(H,24,27). The van der Waals surface area contributed by atoms with E-state index < -0.39 is 11.7 Å². The first-order chi connectivity index (χ1) is 13.2. The minimum Gasteiger partial charge on any atom is -0.508 e. The van der Waals surface area contributed by atoms with Crippen LogP contribution < -0.4 is 9.62 Å². The minimum atomic E-state index is -4.46. The van der Waals surface area contributed by atoms with Crippen molar-refractivity contribution in [1.82, 2.24) is 5.32 Å². The highest BCUT2D eigenvalue weighted by Gasteiger charge is 2.33. The zero-order valence-corrected chi connectivity index (χ0v) is 16.3. The van der Waals surface area contributed by atoms with Crippen molar-refractivity contribution in [2.75, 3.05) is 10.8 Å². The topological polar surface area (TPSA) is 52.6 Å². The number of benzene rings is 2. The van der Waals surface area contributed by atoms with E-state index in [0.717, 1.165) is 25.0 Å². The summed E-state index contributed by atoms with van der Waals surface area (Å²) in [5.41, 5.74) is 0.772. The van der Waals surface area contributed by atoms with Crippen LogP contribution in [0, 0.1) is 0 Å². The molecule has 28 heavy (non-hydrogen) atoms. The summed E-state index contributed by atoms with van der Waals surface area (Å²) in [6.07, 6.45) is -2.86. The number of hydrogen-bond acceptors (Lipinski definition) is 4. The summed E-state index contributed by atoms with van der Waals surface area (Å²) in [6, 6.07) is 8.11. The van der Waals surface area contributed by atoms with E-state index in [0.29, 0.717) is 21.7 Å². The Bertz CT molecular complexity index is 882. The molecule has 0 saturated carbocycles. The number of nitrogens with one attached hydrogen (secondary N) is 1. The number of alkyl halides is 3. The average molecular weight is 410 g/mol. The fourth-order valence-electron chi connectivity index (χ4n) is 3.14. The summed E-state index contributed by atoms with van der Waals surface area (Å²) in [4.78, 5) is 13.1. The van der Waals surface area contributed by atoms with Crippen LogP contribution in [0.1, 0.15) is 32.3 Å². The highest BCUT2D eigenvalue weighted by molar-refractivity contribution is 8.01. The predicted molar refractivity (Wildman–Crippen MR) is 104 cm³/mol. The quantitative estimate of drug-likeness (QED) is 0.665. The number of fused-ring (bicyclic) bond motifs is 3. The molecule has 0 spiro atoms. The second kappa shape index (κ2) is 7.95. The maximum absolute atomic E-state index is 13.2. The molecule has 1 aliphatic heterocycles. The molecule has 0 saturated heterocycles. The minimum absolute atomic E-state index is 0.00533.